The third-order valence-corrected chi connectivity index (χ3v) is 5.87. The lowest BCUT2D eigenvalue weighted by atomic mass is 10.0. The summed E-state index contributed by atoms with van der Waals surface area (Å²) in [4.78, 5) is 17.0. The van der Waals surface area contributed by atoms with Crippen molar-refractivity contribution in [1.29, 1.82) is 0 Å². The smallest absolute Gasteiger partial charge is 0.243 e. The van der Waals surface area contributed by atoms with Crippen LogP contribution in [0, 0.1) is 12.8 Å². The Balaban J connectivity index is 1.89. The number of fused-ring (bicyclic) bond motifs is 1. The van der Waals surface area contributed by atoms with Gasteiger partial charge in [0.25, 0.3) is 0 Å². The molecule has 1 amide bonds. The number of nitrogens with zero attached hydrogens (tertiary/aromatic N) is 1. The van der Waals surface area contributed by atoms with E-state index < -0.39 is 22.0 Å². The Morgan fingerprint density at radius 2 is 1.75 bits per heavy atom. The van der Waals surface area contributed by atoms with Crippen LogP contribution in [0.15, 0.2) is 65.7 Å². The van der Waals surface area contributed by atoms with Gasteiger partial charge >= 0.3 is 0 Å². The molecule has 0 bridgehead atoms. The second kappa shape index (κ2) is 8.08. The lowest BCUT2D eigenvalue weighted by Gasteiger charge is -2.22. The number of hydrogen-bond acceptors (Lipinski definition) is 4. The molecule has 0 radical (unpaired) electrons. The molecule has 0 aliphatic carbocycles. The van der Waals surface area contributed by atoms with E-state index in [1.807, 2.05) is 25.1 Å². The van der Waals surface area contributed by atoms with Crippen molar-refractivity contribution < 1.29 is 13.2 Å². The van der Waals surface area contributed by atoms with Gasteiger partial charge in [-0.1, -0.05) is 44.2 Å². The van der Waals surface area contributed by atoms with Crippen LogP contribution in [-0.4, -0.2) is 25.4 Å². The number of carbonyl (C=O) groups is 1. The number of hydrogen-bond donors (Lipinski definition) is 2. The zero-order valence-electron chi connectivity index (χ0n) is 16.0. The zero-order valence-corrected chi connectivity index (χ0v) is 16.8. The molecule has 6 nitrogen and oxygen atoms in total. The highest BCUT2D eigenvalue weighted by Gasteiger charge is 2.29. The molecule has 2 N–H and O–H groups in total. The average Bonchev–Trinajstić information content (AvgIpc) is 2.65. The highest BCUT2D eigenvalue weighted by molar-refractivity contribution is 7.89. The highest BCUT2D eigenvalue weighted by atomic mass is 32.2. The first-order valence-corrected chi connectivity index (χ1v) is 10.5. The van der Waals surface area contributed by atoms with Gasteiger partial charge in [-0.05, 0) is 42.7 Å². The Bertz CT molecular complexity index is 1110. The number of carbonyl (C=O) groups excluding carboxylic acids is 1. The van der Waals surface area contributed by atoms with Gasteiger partial charge < -0.3 is 5.32 Å². The number of rotatable bonds is 6. The molecule has 1 heterocycles. The first-order chi connectivity index (χ1) is 13.3. The quantitative estimate of drug-likeness (QED) is 0.666. The van der Waals surface area contributed by atoms with E-state index in [0.29, 0.717) is 11.2 Å². The maximum Gasteiger partial charge on any atom is 0.243 e. The van der Waals surface area contributed by atoms with Gasteiger partial charge in [0.15, 0.2) is 0 Å². The van der Waals surface area contributed by atoms with Crippen LogP contribution >= 0.6 is 0 Å². The van der Waals surface area contributed by atoms with E-state index in [1.54, 1.807) is 50.4 Å². The monoisotopic (exact) mass is 397 g/mol. The number of amides is 1. The highest BCUT2D eigenvalue weighted by Crippen LogP contribution is 2.22. The number of aryl methyl sites for hydroxylation is 1. The van der Waals surface area contributed by atoms with E-state index in [-0.39, 0.29) is 10.8 Å². The molecule has 3 rings (SSSR count). The van der Waals surface area contributed by atoms with Crippen LogP contribution in [0.3, 0.4) is 0 Å². The van der Waals surface area contributed by atoms with Gasteiger partial charge in [-0.2, -0.15) is 4.72 Å². The summed E-state index contributed by atoms with van der Waals surface area (Å²) in [7, 11) is -3.95. The molecule has 1 aromatic heterocycles. The molecule has 0 aliphatic heterocycles. The van der Waals surface area contributed by atoms with E-state index in [0.717, 1.165) is 10.9 Å². The standard InChI is InChI=1S/C21H23N3O3S/c1-14(2)19(21(25)23-17-10-4-7-15(3)13-17)24-28(26,27)18-11-5-8-16-9-6-12-22-20(16)18/h4-14,19,24H,1-3H3,(H,23,25)/t19-/m1/s1. The Labute approximate surface area is 165 Å². The molecular weight excluding hydrogens is 374 g/mol. The van der Waals surface area contributed by atoms with Crippen molar-refractivity contribution in [2.45, 2.75) is 31.7 Å². The molecular formula is C21H23N3O3S. The molecule has 146 valence electrons. The molecule has 2 aromatic carbocycles. The molecule has 0 unspecified atom stereocenters. The summed E-state index contributed by atoms with van der Waals surface area (Å²) in [6.45, 7) is 5.51. The van der Waals surface area contributed by atoms with Gasteiger partial charge in [-0.3, -0.25) is 9.78 Å². The minimum Gasteiger partial charge on any atom is -0.325 e. The Morgan fingerprint density at radius 3 is 2.46 bits per heavy atom. The molecule has 7 heteroatoms. The second-order valence-electron chi connectivity index (χ2n) is 7.03. The average molecular weight is 398 g/mol. The lowest BCUT2D eigenvalue weighted by Crippen LogP contribution is -2.47. The third kappa shape index (κ3) is 4.37. The van der Waals surface area contributed by atoms with Gasteiger partial charge in [-0.25, -0.2) is 8.42 Å². The van der Waals surface area contributed by atoms with E-state index in [4.69, 9.17) is 0 Å². The van der Waals surface area contributed by atoms with Crippen LogP contribution in [0.4, 0.5) is 5.69 Å². The topological polar surface area (TPSA) is 88.2 Å². The maximum absolute atomic E-state index is 13.0. The van der Waals surface area contributed by atoms with Crippen LogP contribution in [0.5, 0.6) is 0 Å². The number of anilines is 1. The summed E-state index contributed by atoms with van der Waals surface area (Å²) in [5, 5.41) is 3.51. The summed E-state index contributed by atoms with van der Waals surface area (Å²) in [5.74, 6) is -0.653. The van der Waals surface area contributed by atoms with Gasteiger partial charge in [0, 0.05) is 17.3 Å². The predicted octanol–water partition coefficient (Wildman–Crippen LogP) is 3.48. The fourth-order valence-corrected chi connectivity index (χ4v) is 4.48. The van der Waals surface area contributed by atoms with E-state index in [1.165, 1.54) is 6.07 Å². The van der Waals surface area contributed by atoms with Crippen molar-refractivity contribution >= 4 is 32.5 Å². The Morgan fingerprint density at radius 1 is 1.04 bits per heavy atom. The lowest BCUT2D eigenvalue weighted by molar-refractivity contribution is -0.118. The van der Waals surface area contributed by atoms with Crippen molar-refractivity contribution in [3.05, 3.63) is 66.4 Å². The number of benzene rings is 2. The Kier molecular flexibility index (Phi) is 5.76. The number of sulfonamides is 1. The van der Waals surface area contributed by atoms with Crippen molar-refractivity contribution in [3.63, 3.8) is 0 Å². The first-order valence-electron chi connectivity index (χ1n) is 9.01. The van der Waals surface area contributed by atoms with Crippen molar-refractivity contribution in [2.75, 3.05) is 5.32 Å². The third-order valence-electron chi connectivity index (χ3n) is 4.40. The molecule has 0 fully saturated rings. The van der Waals surface area contributed by atoms with Crippen LogP contribution < -0.4 is 10.0 Å². The largest absolute Gasteiger partial charge is 0.325 e. The molecule has 0 saturated heterocycles. The number of para-hydroxylation sites is 1. The number of nitrogens with one attached hydrogen (secondary N) is 2. The number of aromatic nitrogens is 1. The van der Waals surface area contributed by atoms with E-state index >= 15 is 0 Å². The summed E-state index contributed by atoms with van der Waals surface area (Å²) >= 11 is 0. The Hall–Kier alpha value is -2.77. The fourth-order valence-electron chi connectivity index (χ4n) is 2.96. The van der Waals surface area contributed by atoms with Crippen molar-refractivity contribution in [1.82, 2.24) is 9.71 Å². The van der Waals surface area contributed by atoms with Crippen LogP contribution in [0.25, 0.3) is 10.9 Å². The summed E-state index contributed by atoms with van der Waals surface area (Å²) < 4.78 is 28.6. The molecule has 28 heavy (non-hydrogen) atoms. The SMILES string of the molecule is Cc1cccc(NC(=O)[C@H](NS(=O)(=O)c2cccc3cccnc23)C(C)C)c1. The molecule has 1 atom stereocenters. The van der Waals surface area contributed by atoms with Gasteiger partial charge in [-0.15, -0.1) is 0 Å². The fraction of sp³-hybridized carbons (Fsp3) is 0.238. The molecule has 0 aliphatic rings. The molecule has 0 saturated carbocycles. The van der Waals surface area contributed by atoms with E-state index in [2.05, 4.69) is 15.0 Å². The molecule has 3 aromatic rings. The second-order valence-corrected chi connectivity index (χ2v) is 8.72. The summed E-state index contributed by atoms with van der Waals surface area (Å²) in [6, 6.07) is 14.9. The summed E-state index contributed by atoms with van der Waals surface area (Å²) in [6.07, 6.45) is 1.55. The van der Waals surface area contributed by atoms with Crippen molar-refractivity contribution in [3.8, 4) is 0 Å². The van der Waals surface area contributed by atoms with Crippen molar-refractivity contribution in [2.24, 2.45) is 5.92 Å². The van der Waals surface area contributed by atoms with E-state index in [9.17, 15) is 13.2 Å². The first kappa shape index (κ1) is 20.0. The van der Waals surface area contributed by atoms with Crippen LogP contribution in [0.1, 0.15) is 19.4 Å². The maximum atomic E-state index is 13.0. The number of pyridine rings is 1. The minimum atomic E-state index is -3.95. The van der Waals surface area contributed by atoms with Crippen LogP contribution in [-0.2, 0) is 14.8 Å². The van der Waals surface area contributed by atoms with Gasteiger partial charge in [0.1, 0.15) is 10.9 Å². The summed E-state index contributed by atoms with van der Waals surface area (Å²) in [5.41, 5.74) is 2.00. The predicted molar refractivity (Wildman–Crippen MR) is 110 cm³/mol. The van der Waals surface area contributed by atoms with Gasteiger partial charge in [0.2, 0.25) is 15.9 Å². The van der Waals surface area contributed by atoms with Crippen LogP contribution in [0.2, 0.25) is 0 Å². The molecule has 0 spiro atoms. The van der Waals surface area contributed by atoms with Gasteiger partial charge in [0.05, 0.1) is 5.52 Å². The normalized spacial score (nSPS) is 12.9. The zero-order chi connectivity index (χ0) is 20.3. The minimum absolute atomic E-state index is 0.0552.